The van der Waals surface area contributed by atoms with Gasteiger partial charge in [-0.3, -0.25) is 9.64 Å². The molecule has 1 aromatic carbocycles. The van der Waals surface area contributed by atoms with Crippen LogP contribution in [0.15, 0.2) is 29.1 Å². The molecule has 3 aromatic rings. The van der Waals surface area contributed by atoms with E-state index in [9.17, 15) is 14.7 Å². The number of cyclic esters (lactones) is 1. The highest BCUT2D eigenvalue weighted by Crippen LogP contribution is 2.41. The van der Waals surface area contributed by atoms with Gasteiger partial charge in [-0.25, -0.2) is 16.4 Å². The summed E-state index contributed by atoms with van der Waals surface area (Å²) in [7, 11) is -1.39. The molecule has 2 aliphatic rings. The van der Waals surface area contributed by atoms with Crippen LogP contribution in [0.2, 0.25) is 25.7 Å². The lowest BCUT2D eigenvalue weighted by Gasteiger charge is -2.31. The quantitative estimate of drug-likeness (QED) is 0.241. The van der Waals surface area contributed by atoms with Crippen LogP contribution in [0.5, 0.6) is 5.75 Å². The van der Waals surface area contributed by atoms with Gasteiger partial charge in [0, 0.05) is 24.6 Å². The first kappa shape index (κ1) is 24.2. The van der Waals surface area contributed by atoms with E-state index in [1.54, 1.807) is 23.6 Å². The predicted octanol–water partition coefficient (Wildman–Crippen LogP) is 4.22. The average molecular weight is 504 g/mol. The Balaban J connectivity index is 1.74. The van der Waals surface area contributed by atoms with Gasteiger partial charge < -0.3 is 19.1 Å². The molecule has 36 heavy (non-hydrogen) atoms. The van der Waals surface area contributed by atoms with Gasteiger partial charge in [-0.15, -0.1) is 0 Å². The van der Waals surface area contributed by atoms with E-state index in [4.69, 9.17) is 21.0 Å². The summed E-state index contributed by atoms with van der Waals surface area (Å²) in [6.45, 7) is 15.9. The minimum absolute atomic E-state index is 0.0539. The Labute approximate surface area is 210 Å². The van der Waals surface area contributed by atoms with Crippen LogP contribution in [0.4, 0.5) is 0 Å². The monoisotopic (exact) mass is 503 g/mol. The van der Waals surface area contributed by atoms with Gasteiger partial charge in [-0.1, -0.05) is 32.6 Å². The standard InChI is InChI=1S/C27H29N3O5Si/c1-6-27(33)21-12-23-24-19(13-30(23)25(31)20(21)14-34-26(27)32)17(9-10-36(3,4)5)18-11-16(35-15-28-2)7-8-22(18)29-24/h7-8,11-12,33H,6,9-10,13-15H2,1,3-5H3/t27-/m0/s1. The third-order valence-corrected chi connectivity index (χ3v) is 8.95. The van der Waals surface area contributed by atoms with E-state index in [0.29, 0.717) is 34.8 Å². The highest BCUT2D eigenvalue weighted by atomic mass is 28.3. The van der Waals surface area contributed by atoms with Crippen molar-refractivity contribution in [3.8, 4) is 17.1 Å². The van der Waals surface area contributed by atoms with Crippen LogP contribution in [0.1, 0.15) is 35.6 Å². The fourth-order valence-corrected chi connectivity index (χ4v) is 6.12. The van der Waals surface area contributed by atoms with Crippen LogP contribution in [-0.2, 0) is 34.7 Å². The fourth-order valence-electron chi connectivity index (χ4n) is 5.12. The molecule has 0 saturated heterocycles. The summed E-state index contributed by atoms with van der Waals surface area (Å²) in [4.78, 5) is 34.3. The minimum atomic E-state index is -1.85. The number of carbonyl (C=O) groups is 1. The molecule has 8 nitrogen and oxygen atoms in total. The van der Waals surface area contributed by atoms with E-state index in [1.807, 2.05) is 12.1 Å². The summed E-state index contributed by atoms with van der Waals surface area (Å²) < 4.78 is 12.4. The smallest absolute Gasteiger partial charge is 0.357 e. The van der Waals surface area contributed by atoms with Crippen molar-refractivity contribution in [1.82, 2.24) is 9.55 Å². The van der Waals surface area contributed by atoms with Crippen molar-refractivity contribution >= 4 is 24.9 Å². The van der Waals surface area contributed by atoms with Gasteiger partial charge in [-0.05, 0) is 42.7 Å². The maximum absolute atomic E-state index is 13.6. The van der Waals surface area contributed by atoms with E-state index >= 15 is 0 Å². The van der Waals surface area contributed by atoms with Crippen molar-refractivity contribution in [2.45, 2.75) is 64.2 Å². The number of aryl methyl sites for hydroxylation is 1. The molecular formula is C27H29N3O5Si. The molecule has 0 amide bonds. The first-order valence-electron chi connectivity index (χ1n) is 12.2. The van der Waals surface area contributed by atoms with Crippen LogP contribution >= 0.6 is 0 Å². The van der Waals surface area contributed by atoms with Crippen LogP contribution in [0, 0.1) is 6.57 Å². The number of nitrogens with zero attached hydrogens (tertiary/aromatic N) is 3. The lowest BCUT2D eigenvalue weighted by atomic mass is 9.86. The average Bonchev–Trinajstić information content (AvgIpc) is 3.21. The van der Waals surface area contributed by atoms with Crippen LogP contribution < -0.4 is 10.3 Å². The van der Waals surface area contributed by atoms with Gasteiger partial charge in [0.25, 0.3) is 5.56 Å². The number of aliphatic hydroxyl groups is 1. The third-order valence-electron chi connectivity index (χ3n) is 7.20. The van der Waals surface area contributed by atoms with Crippen molar-refractivity contribution in [3.63, 3.8) is 0 Å². The van der Waals surface area contributed by atoms with E-state index in [2.05, 4.69) is 24.5 Å². The van der Waals surface area contributed by atoms with Gasteiger partial charge >= 0.3 is 12.7 Å². The Hall–Kier alpha value is -3.48. The van der Waals surface area contributed by atoms with E-state index in [-0.39, 0.29) is 25.3 Å². The Morgan fingerprint density at radius 1 is 1.25 bits per heavy atom. The molecule has 0 unspecified atom stereocenters. The lowest BCUT2D eigenvalue weighted by molar-refractivity contribution is -0.172. The zero-order valence-corrected chi connectivity index (χ0v) is 22.0. The molecule has 9 heteroatoms. The molecule has 1 N–H and O–H groups in total. The van der Waals surface area contributed by atoms with Gasteiger partial charge in [0.1, 0.15) is 12.4 Å². The largest absolute Gasteiger partial charge is 0.458 e. The summed E-state index contributed by atoms with van der Waals surface area (Å²) in [5.74, 6) is -0.115. The number of fused-ring (bicyclic) bond motifs is 5. The zero-order valence-electron chi connectivity index (χ0n) is 21.0. The molecule has 4 heterocycles. The van der Waals surface area contributed by atoms with E-state index in [1.165, 1.54) is 0 Å². The second-order valence-electron chi connectivity index (χ2n) is 10.7. The minimum Gasteiger partial charge on any atom is -0.458 e. The molecular weight excluding hydrogens is 474 g/mol. The van der Waals surface area contributed by atoms with Crippen molar-refractivity contribution in [2.75, 3.05) is 6.73 Å². The highest BCUT2D eigenvalue weighted by Gasteiger charge is 2.45. The molecule has 5 rings (SSSR count). The van der Waals surface area contributed by atoms with Crippen molar-refractivity contribution < 1.29 is 19.4 Å². The van der Waals surface area contributed by atoms with Crippen LogP contribution in [0.25, 0.3) is 27.1 Å². The number of esters is 1. The van der Waals surface area contributed by atoms with Crippen molar-refractivity contribution in [1.29, 1.82) is 0 Å². The van der Waals surface area contributed by atoms with Gasteiger partial charge in [0.05, 0.1) is 29.0 Å². The lowest BCUT2D eigenvalue weighted by Crippen LogP contribution is -2.44. The molecule has 2 aliphatic heterocycles. The molecule has 1 atom stereocenters. The molecule has 0 spiro atoms. The number of hydrogen-bond acceptors (Lipinski definition) is 6. The van der Waals surface area contributed by atoms with E-state index in [0.717, 1.165) is 34.5 Å². The van der Waals surface area contributed by atoms with Crippen LogP contribution in [0.3, 0.4) is 0 Å². The predicted molar refractivity (Wildman–Crippen MR) is 138 cm³/mol. The van der Waals surface area contributed by atoms with E-state index < -0.39 is 19.6 Å². The Morgan fingerprint density at radius 2 is 2.03 bits per heavy atom. The van der Waals surface area contributed by atoms with Gasteiger partial charge in [-0.2, -0.15) is 0 Å². The van der Waals surface area contributed by atoms with Crippen molar-refractivity contribution in [3.05, 3.63) is 68.3 Å². The first-order chi connectivity index (χ1) is 17.1. The summed E-state index contributed by atoms with van der Waals surface area (Å²) >= 11 is 0. The summed E-state index contributed by atoms with van der Waals surface area (Å²) in [6, 6.07) is 8.43. The first-order valence-corrected chi connectivity index (χ1v) is 15.9. The second kappa shape index (κ2) is 8.57. The van der Waals surface area contributed by atoms with Crippen LogP contribution in [-0.4, -0.2) is 35.4 Å². The summed E-state index contributed by atoms with van der Waals surface area (Å²) in [5.41, 5.74) is 2.73. The topological polar surface area (TPSA) is 95.0 Å². The number of hydrogen-bond donors (Lipinski definition) is 1. The van der Waals surface area contributed by atoms with Crippen molar-refractivity contribution in [2.24, 2.45) is 0 Å². The number of ether oxygens (including phenoxy) is 2. The second-order valence-corrected chi connectivity index (χ2v) is 16.3. The highest BCUT2D eigenvalue weighted by molar-refractivity contribution is 6.76. The van der Waals surface area contributed by atoms with Gasteiger partial charge in [0.15, 0.2) is 5.60 Å². The molecule has 0 radical (unpaired) electrons. The van der Waals surface area contributed by atoms with Gasteiger partial charge in [0.2, 0.25) is 0 Å². The Kier molecular flexibility index (Phi) is 5.77. The Morgan fingerprint density at radius 3 is 2.72 bits per heavy atom. The number of aromatic nitrogens is 2. The zero-order chi connectivity index (χ0) is 25.8. The Bertz CT molecular complexity index is 1520. The molecule has 0 fully saturated rings. The molecule has 0 bridgehead atoms. The molecule has 0 saturated carbocycles. The number of rotatable bonds is 6. The fraction of sp³-hybridized carbons (Fsp3) is 0.407. The number of pyridine rings is 2. The SMILES string of the molecule is [C-]#[N+]COc1ccc2nc3c(c(CC[Si](C)(C)C)c2c1)Cn1c-3cc2c(c1=O)COC(=O)[C@]2(O)CC. The molecule has 186 valence electrons. The normalized spacial score (nSPS) is 18.3. The maximum Gasteiger partial charge on any atom is 0.357 e. The number of benzene rings is 1. The summed E-state index contributed by atoms with van der Waals surface area (Å²) in [5, 5.41) is 12.1. The number of carbonyl (C=O) groups excluding carboxylic acids is 1. The third kappa shape index (κ3) is 3.81. The maximum atomic E-state index is 13.6. The molecule has 2 aromatic heterocycles. The molecule has 0 aliphatic carbocycles. The summed E-state index contributed by atoms with van der Waals surface area (Å²) in [6.07, 6.45) is 0.945.